The minimum atomic E-state index is -0.307. The number of hydrogen-bond donors (Lipinski definition) is 4. The molecule has 4 N–H and O–H groups in total. The van der Waals surface area contributed by atoms with Crippen LogP contribution in [0, 0.1) is 5.92 Å². The predicted octanol–water partition coefficient (Wildman–Crippen LogP) is 18.0. The summed E-state index contributed by atoms with van der Waals surface area (Å²) in [5, 5.41) is 16.3. The van der Waals surface area contributed by atoms with Crippen molar-refractivity contribution in [2.75, 3.05) is 111 Å². The SMILES string of the molecule is C=CC(=O)N1CCC(C/C=C/c2cn3c(n2)c(-c2c(Cl)c(OC)cc(OC)c2Cl)cc2cnc(NC)cc23)CC1.C=CC(=O)N1CCC(c2cn3c(n2)c(-c2c(Cl)c(OC)cc(OC)c2Cl)cc2cnc(NC)nc23)CC1.C=CC(=O)Nc1cccc(-c2cn3c(n2)c(-c2c(Cl)c(OC)cc(OC)c2Cl)cc2cnc(NC)nc23)c1. The number of likely N-dealkylation sites (tertiary alicyclic amines) is 2. The second kappa shape index (κ2) is 35.4. The molecule has 15 rings (SSSR count). The number of halogens is 6. The highest BCUT2D eigenvalue weighted by Crippen LogP contribution is 2.52. The van der Waals surface area contributed by atoms with E-state index in [4.69, 9.17) is 118 Å². The Labute approximate surface area is 691 Å². The van der Waals surface area contributed by atoms with E-state index >= 15 is 0 Å². The third kappa shape index (κ3) is 16.3. The lowest BCUT2D eigenvalue weighted by Gasteiger charge is -2.30. The van der Waals surface area contributed by atoms with Gasteiger partial charge in [0.15, 0.2) is 11.3 Å². The largest absolute Gasteiger partial charge is 0.495 e. The molecule has 2 saturated heterocycles. The zero-order valence-corrected chi connectivity index (χ0v) is 68.6. The van der Waals surface area contributed by atoms with Crippen molar-refractivity contribution in [3.8, 4) is 79.1 Å². The second-order valence-electron chi connectivity index (χ2n) is 26.6. The van der Waals surface area contributed by atoms with Gasteiger partial charge < -0.3 is 59.5 Å². The molecule has 9 aromatic heterocycles. The first-order chi connectivity index (χ1) is 55.6. The van der Waals surface area contributed by atoms with Crippen LogP contribution in [0.2, 0.25) is 30.1 Å². The highest BCUT2D eigenvalue weighted by molar-refractivity contribution is 6.43. The van der Waals surface area contributed by atoms with Gasteiger partial charge in [0, 0.05) is 175 Å². The average Bonchev–Trinajstić information content (AvgIpc) is 1.67. The standard InChI is InChI=1S/C30H31Cl2N5O3.C27H22Cl2N6O3.C26H26Cl2N6O3/c1-5-26(38)36-11-9-18(10-12-36)7-6-8-20-17-37-22-14-25(33-2)34-16-19(22)13-21(30(37)35-20)27-28(31)23(39-3)15-24(40-4)29(27)32;1-5-21(36)32-16-8-6-7-14(9-16)18-13-35-25-15(12-31-27(30-2)34-25)10-17(26(35)33-18)22-23(28)19(37-3)11-20(38-4)24(22)29;1-5-20(35)33-8-6-14(7-9-33)17-13-34-24-15(12-30-26(29-2)32-24)10-16(25(34)31-17)21-22(27)18(36-3)11-19(37-4)23(21)28/h5-6,8,13-18H,1,7,9-12H2,2-4H3,(H,33,34);5-13H,1H2,2-4H3,(H,32,36)(H,30,31,34);5,10-14H,1,6-9H2,2-4H3,(H,29,30,32)/b8-6+;;. The van der Waals surface area contributed by atoms with E-state index in [1.165, 1.54) is 32.4 Å². The molecular formula is C83H79Cl6N17O9. The summed E-state index contributed by atoms with van der Waals surface area (Å²) < 4.78 is 38.9. The van der Waals surface area contributed by atoms with Crippen molar-refractivity contribution >= 4 is 167 Å². The van der Waals surface area contributed by atoms with Crippen LogP contribution < -0.4 is 49.7 Å². The number of rotatable bonds is 21. The number of pyridine rings is 4. The van der Waals surface area contributed by atoms with Crippen LogP contribution >= 0.6 is 69.6 Å². The Balaban J connectivity index is 0.000000150. The van der Waals surface area contributed by atoms with Gasteiger partial charge in [0.25, 0.3) is 0 Å². The van der Waals surface area contributed by atoms with Crippen molar-refractivity contribution in [1.29, 1.82) is 0 Å². The predicted molar refractivity (Wildman–Crippen MR) is 458 cm³/mol. The van der Waals surface area contributed by atoms with Crippen molar-refractivity contribution in [2.24, 2.45) is 5.92 Å². The van der Waals surface area contributed by atoms with Gasteiger partial charge in [-0.1, -0.05) is 108 Å². The number of imidazole rings is 3. The van der Waals surface area contributed by atoms with Crippen LogP contribution in [0.5, 0.6) is 34.5 Å². The first kappa shape index (κ1) is 81.4. The van der Waals surface area contributed by atoms with Crippen molar-refractivity contribution in [3.05, 3.63) is 189 Å². The maximum Gasteiger partial charge on any atom is 0.247 e. The summed E-state index contributed by atoms with van der Waals surface area (Å²) >= 11 is 40.8. The molecule has 32 heteroatoms. The summed E-state index contributed by atoms with van der Waals surface area (Å²) in [5.41, 5.74) is 11.6. The van der Waals surface area contributed by atoms with Crippen LogP contribution in [0.25, 0.3) is 101 Å². The number of carbonyl (C=O) groups excluding carboxylic acids is 3. The number of benzene rings is 4. The minimum absolute atomic E-state index is 0.00668. The number of carbonyl (C=O) groups is 3. The van der Waals surface area contributed by atoms with E-state index in [0.717, 1.165) is 95.2 Å². The average molecular weight is 1670 g/mol. The smallest absolute Gasteiger partial charge is 0.247 e. The van der Waals surface area contributed by atoms with Crippen LogP contribution in [0.15, 0.2) is 148 Å². The fourth-order valence-corrected chi connectivity index (χ4v) is 16.2. The maximum absolute atomic E-state index is 12.1. The van der Waals surface area contributed by atoms with Crippen LogP contribution in [-0.2, 0) is 14.4 Å². The Morgan fingerprint density at radius 2 is 0.939 bits per heavy atom. The van der Waals surface area contributed by atoms with E-state index < -0.39 is 0 Å². The molecule has 0 bridgehead atoms. The van der Waals surface area contributed by atoms with Gasteiger partial charge in [-0.05, 0) is 92.7 Å². The quantitative estimate of drug-likeness (QED) is 0.0487. The van der Waals surface area contributed by atoms with Gasteiger partial charge in [0.1, 0.15) is 57.3 Å². The Bertz CT molecular complexity index is 5950. The molecule has 2 fully saturated rings. The van der Waals surface area contributed by atoms with Gasteiger partial charge in [-0.3, -0.25) is 27.6 Å². The first-order valence-corrected chi connectivity index (χ1v) is 38.5. The number of piperidine rings is 2. The number of aromatic nitrogens is 11. The topological polar surface area (TPSA) is 278 Å². The lowest BCUT2D eigenvalue weighted by atomic mass is 9.93. The van der Waals surface area contributed by atoms with Gasteiger partial charge in [-0.2, -0.15) is 9.97 Å². The second-order valence-corrected chi connectivity index (χ2v) is 28.8. The van der Waals surface area contributed by atoms with E-state index in [-0.39, 0.29) is 23.6 Å². The van der Waals surface area contributed by atoms with Gasteiger partial charge >= 0.3 is 0 Å². The monoisotopic (exact) mass is 1670 g/mol. The molecule has 2 aliphatic heterocycles. The number of nitrogens with one attached hydrogen (secondary N) is 4. The summed E-state index contributed by atoms with van der Waals surface area (Å²) in [6, 6.07) is 20.1. The number of ether oxygens (including phenoxy) is 6. The lowest BCUT2D eigenvalue weighted by Crippen LogP contribution is -2.37. The fourth-order valence-electron chi connectivity index (χ4n) is 14.1. The number of methoxy groups -OCH3 is 6. The molecule has 0 unspecified atom stereocenters. The van der Waals surface area contributed by atoms with Gasteiger partial charge in [0.05, 0.1) is 95.4 Å². The molecule has 3 amide bonds. The normalized spacial score (nSPS) is 13.2. The zero-order chi connectivity index (χ0) is 81.6. The van der Waals surface area contributed by atoms with Gasteiger partial charge in [-0.25, -0.2) is 29.9 Å². The molecule has 0 aliphatic carbocycles. The Hall–Kier alpha value is -11.7. The summed E-state index contributed by atoms with van der Waals surface area (Å²) in [7, 11) is 14.6. The number of allylic oxidation sites excluding steroid dienone is 1. The third-order valence-corrected chi connectivity index (χ3v) is 22.4. The molecule has 0 radical (unpaired) electrons. The lowest BCUT2D eigenvalue weighted by molar-refractivity contribution is -0.128. The van der Waals surface area contributed by atoms with Gasteiger partial charge in [0.2, 0.25) is 29.6 Å². The zero-order valence-electron chi connectivity index (χ0n) is 64.1. The molecule has 0 atom stereocenters. The van der Waals surface area contributed by atoms with E-state index in [1.54, 1.807) is 79.2 Å². The van der Waals surface area contributed by atoms with Crippen LogP contribution in [0.4, 0.5) is 23.4 Å². The molecule has 11 heterocycles. The molecule has 2 aliphatic rings. The molecule has 13 aromatic rings. The van der Waals surface area contributed by atoms with Crippen molar-refractivity contribution in [2.45, 2.75) is 38.0 Å². The molecule has 4 aromatic carbocycles. The number of amides is 3. The number of nitrogens with zero attached hydrogens (tertiary/aromatic N) is 13. The van der Waals surface area contributed by atoms with Crippen molar-refractivity contribution in [3.63, 3.8) is 0 Å². The molecular weight excluding hydrogens is 1590 g/mol. The number of anilines is 4. The molecule has 26 nitrogen and oxygen atoms in total. The Kier molecular flexibility index (Phi) is 25.0. The third-order valence-electron chi connectivity index (χ3n) is 20.1. The number of fused-ring (bicyclic) bond motifs is 9. The molecule has 592 valence electrons. The Morgan fingerprint density at radius 3 is 1.40 bits per heavy atom. The number of hydrogen-bond acceptors (Lipinski definition) is 20. The van der Waals surface area contributed by atoms with E-state index in [0.29, 0.717) is 163 Å². The van der Waals surface area contributed by atoms with Crippen LogP contribution in [-0.4, -0.2) is 171 Å². The molecule has 0 spiro atoms. The van der Waals surface area contributed by atoms with E-state index in [9.17, 15) is 14.4 Å². The summed E-state index contributed by atoms with van der Waals surface area (Å²) in [4.78, 5) is 77.1. The summed E-state index contributed by atoms with van der Waals surface area (Å²) in [6.45, 7) is 13.5. The van der Waals surface area contributed by atoms with E-state index in [1.807, 2.05) is 103 Å². The van der Waals surface area contributed by atoms with Gasteiger partial charge in [-0.15, -0.1) is 0 Å². The summed E-state index contributed by atoms with van der Waals surface area (Å²) in [5.74, 6) is 4.61. The summed E-state index contributed by atoms with van der Waals surface area (Å²) in [6.07, 6.45) is 23.7. The van der Waals surface area contributed by atoms with Crippen molar-refractivity contribution in [1.82, 2.24) is 62.9 Å². The fraction of sp³-hybridized carbons (Fsp3) is 0.241. The van der Waals surface area contributed by atoms with E-state index in [2.05, 4.69) is 67.0 Å². The first-order valence-electron chi connectivity index (χ1n) is 36.2. The minimum Gasteiger partial charge on any atom is -0.495 e. The molecule has 0 saturated carbocycles. The van der Waals surface area contributed by atoms with Crippen molar-refractivity contribution < 1.29 is 42.8 Å². The molecule has 115 heavy (non-hydrogen) atoms. The Morgan fingerprint density at radius 1 is 0.487 bits per heavy atom. The van der Waals surface area contributed by atoms with Crippen LogP contribution in [0.1, 0.15) is 49.4 Å². The maximum atomic E-state index is 12.1. The highest BCUT2D eigenvalue weighted by Gasteiger charge is 2.31. The van der Waals surface area contributed by atoms with Crippen LogP contribution in [0.3, 0.4) is 0 Å². The highest BCUT2D eigenvalue weighted by atomic mass is 35.5.